The Morgan fingerprint density at radius 1 is 0.180 bits per heavy atom. The Kier molecular flexibility index (Phi) is 17.9. The number of aromatic nitrogens is 11. The van der Waals surface area contributed by atoms with Gasteiger partial charge in [0.1, 0.15) is 0 Å². The summed E-state index contributed by atoms with van der Waals surface area (Å²) < 4.78 is 14.6. The average molecular weight is 1690 g/mol. The molecule has 0 aliphatic heterocycles. The highest BCUT2D eigenvalue weighted by Gasteiger charge is 2.27. The number of hydrogen-bond donors (Lipinski definition) is 0. The number of hydrogen-bond acceptors (Lipinski definition) is 11. The Morgan fingerprint density at radius 2 is 0.523 bits per heavy atom. The zero-order valence-corrected chi connectivity index (χ0v) is 70.9. The highest BCUT2D eigenvalue weighted by atomic mass is 32.1. The fourth-order valence-electron chi connectivity index (χ4n) is 18.7. The first-order chi connectivity index (χ1) is 63.5. The van der Waals surface area contributed by atoms with Gasteiger partial charge in [0.2, 0.25) is 11.9 Å². The van der Waals surface area contributed by atoms with Gasteiger partial charge in [-0.3, -0.25) is 9.13 Å². The number of rotatable bonds is 10. The van der Waals surface area contributed by atoms with Gasteiger partial charge in [0.15, 0.2) is 29.1 Å². The first kappa shape index (κ1) is 74.3. The van der Waals surface area contributed by atoms with E-state index in [2.05, 4.69) is 311 Å². The molecule has 27 aromatic rings. The van der Waals surface area contributed by atoms with Gasteiger partial charge in [0, 0.05) is 123 Å². The van der Waals surface area contributed by atoms with Gasteiger partial charge in [0.25, 0.3) is 0 Å². The van der Waals surface area contributed by atoms with E-state index in [1.165, 1.54) is 120 Å². The third-order valence-corrected chi connectivity index (χ3v) is 28.1. The van der Waals surface area contributed by atoms with Crippen molar-refractivity contribution in [3.63, 3.8) is 0 Å². The van der Waals surface area contributed by atoms with Crippen LogP contribution >= 0.6 is 34.0 Å². The number of benzene rings is 18. The molecule has 0 radical (unpaired) electrons. The molecule has 598 valence electrons. The quantitative estimate of drug-likeness (QED) is 0.133. The van der Waals surface area contributed by atoms with E-state index in [0.717, 1.165) is 83.3 Å². The Balaban J connectivity index is 0.000000105. The van der Waals surface area contributed by atoms with Crippen molar-refractivity contribution < 1.29 is 0 Å². The summed E-state index contributed by atoms with van der Waals surface area (Å²) in [4.78, 5) is 40.5. The molecule has 0 saturated carbocycles. The van der Waals surface area contributed by atoms with Crippen molar-refractivity contribution in [3.05, 3.63) is 419 Å². The van der Waals surface area contributed by atoms with Crippen molar-refractivity contribution in [1.82, 2.24) is 53.6 Å². The van der Waals surface area contributed by atoms with Gasteiger partial charge >= 0.3 is 0 Å². The molecule has 0 aliphatic carbocycles. The third kappa shape index (κ3) is 12.5. The van der Waals surface area contributed by atoms with Crippen LogP contribution in [0.25, 0.3) is 245 Å². The SMILES string of the molecule is c1ccc(-c2ccc3c4c5ccccc5c5c6ccccc6sc5c4n(-c4nc(-c5ccccc5)c5ccccc5n4)c3c2)cc1.c1ccc(-c2nc(-c3ccccc3)nc(-c3ccc(-n4c5ccccc5c5ccc6c7ccccc7sc6c54)cc3)n2)cc1.c1ccc(-c2nc(-c3ccccc3)nc(-n3c4ccccc4c4ccc5c6ccccc6sc5c43)n2)cc1. The second-order valence-corrected chi connectivity index (χ2v) is 35.1. The topological polar surface area (TPSA) is 118 Å². The largest absolute Gasteiger partial charge is 0.308 e. The molecule has 9 heterocycles. The van der Waals surface area contributed by atoms with E-state index in [0.29, 0.717) is 41.0 Å². The van der Waals surface area contributed by atoms with Gasteiger partial charge in [-0.15, -0.1) is 34.0 Å². The van der Waals surface area contributed by atoms with Crippen LogP contribution in [0.4, 0.5) is 0 Å². The number of nitrogens with zero attached hydrogens (tertiary/aromatic N) is 11. The monoisotopic (exact) mass is 1690 g/mol. The second kappa shape index (κ2) is 30.8. The van der Waals surface area contributed by atoms with E-state index in [-0.39, 0.29) is 0 Å². The summed E-state index contributed by atoms with van der Waals surface area (Å²) in [6, 6.07) is 147. The molecule has 0 unspecified atom stereocenters. The molecule has 0 N–H and O–H groups in total. The number of para-hydroxylation sites is 3. The molecule has 9 aromatic heterocycles. The minimum Gasteiger partial charge on any atom is -0.308 e. The molecule has 0 spiro atoms. The molecule has 27 rings (SSSR count). The van der Waals surface area contributed by atoms with Crippen LogP contribution in [0, 0.1) is 0 Å². The van der Waals surface area contributed by atoms with Crippen LogP contribution in [0.2, 0.25) is 0 Å². The Bertz CT molecular complexity index is 8950. The smallest absolute Gasteiger partial charge is 0.238 e. The standard InChI is InChI=1S/C42H25N3S.C39H24N4S.C33H20N4S/c1-3-13-26(14-4-1)28-23-24-32-35(25-28)45(42-43-34-21-11-9-19-31(34)39(44-42)27-15-5-2-6-16-27)40-37(32)29-17-7-8-18-30(29)38-33-20-10-12-22-36(33)46-41(38)40;1-3-11-25(12-4-1)37-40-38(26-13-5-2-6-14-26)42-39(41-37)27-19-21-28(22-20-27)43-33-17-9-7-15-29(33)31-23-24-32-30-16-8-10-18-34(30)44-36(32)35(31)43;1-3-11-21(12-4-1)31-34-32(22-13-5-2-6-14-22)36-33(35-31)37-27-17-9-7-15-23(27)25-19-20-26-24-16-8-10-18-28(24)38-30(26)29(25)37/h1-25H;1-24H;1-20H. The summed E-state index contributed by atoms with van der Waals surface area (Å²) >= 11 is 5.55. The van der Waals surface area contributed by atoms with Crippen molar-refractivity contribution in [1.29, 1.82) is 0 Å². The van der Waals surface area contributed by atoms with Crippen LogP contribution < -0.4 is 0 Å². The molecule has 0 saturated heterocycles. The fourth-order valence-corrected chi connectivity index (χ4v) is 22.4. The van der Waals surface area contributed by atoms with Gasteiger partial charge in [-0.1, -0.05) is 352 Å². The minimum atomic E-state index is 0.619. The van der Waals surface area contributed by atoms with Gasteiger partial charge < -0.3 is 4.57 Å². The van der Waals surface area contributed by atoms with Crippen LogP contribution in [0.1, 0.15) is 0 Å². The van der Waals surface area contributed by atoms with Gasteiger partial charge in [0.05, 0.1) is 58.4 Å². The van der Waals surface area contributed by atoms with E-state index < -0.39 is 0 Å². The first-order valence-corrected chi connectivity index (χ1v) is 45.2. The van der Waals surface area contributed by atoms with E-state index in [9.17, 15) is 0 Å². The van der Waals surface area contributed by atoms with Gasteiger partial charge in [-0.2, -0.15) is 9.97 Å². The predicted molar refractivity (Wildman–Crippen MR) is 536 cm³/mol. The average Bonchev–Trinajstić information content (AvgIpc) is 1.49. The van der Waals surface area contributed by atoms with Crippen LogP contribution in [0.15, 0.2) is 419 Å². The number of thiophene rings is 3. The zero-order chi connectivity index (χ0) is 84.3. The molecule has 0 bridgehead atoms. The molecule has 0 amide bonds. The summed E-state index contributed by atoms with van der Waals surface area (Å²) in [5.74, 6) is 4.58. The maximum atomic E-state index is 5.41. The Labute approximate surface area is 745 Å². The summed E-state index contributed by atoms with van der Waals surface area (Å²) in [7, 11) is 0. The highest BCUT2D eigenvalue weighted by Crippen LogP contribution is 2.51. The summed E-state index contributed by atoms with van der Waals surface area (Å²) in [5.41, 5.74) is 18.1. The summed E-state index contributed by atoms with van der Waals surface area (Å²) in [6.45, 7) is 0. The highest BCUT2D eigenvalue weighted by molar-refractivity contribution is 7.27. The lowest BCUT2D eigenvalue weighted by Crippen LogP contribution is -2.06. The molecule has 11 nitrogen and oxygen atoms in total. The van der Waals surface area contributed by atoms with Crippen molar-refractivity contribution in [3.8, 4) is 96.9 Å². The van der Waals surface area contributed by atoms with E-state index in [1.807, 2.05) is 155 Å². The Hall–Kier alpha value is -16.4. The van der Waals surface area contributed by atoms with E-state index in [1.54, 1.807) is 0 Å². The van der Waals surface area contributed by atoms with Crippen molar-refractivity contribution in [2.45, 2.75) is 0 Å². The molecule has 18 aromatic carbocycles. The first-order valence-electron chi connectivity index (χ1n) is 42.7. The molecular formula is C114H69N11S3. The van der Waals surface area contributed by atoms with E-state index >= 15 is 0 Å². The molecule has 0 atom stereocenters. The lowest BCUT2D eigenvalue weighted by molar-refractivity contribution is 0.955. The number of fused-ring (bicyclic) bond motifs is 25. The van der Waals surface area contributed by atoms with Gasteiger partial charge in [-0.25, -0.2) is 29.9 Å². The van der Waals surface area contributed by atoms with Crippen LogP contribution in [0.3, 0.4) is 0 Å². The molecule has 0 aliphatic rings. The lowest BCUT2D eigenvalue weighted by atomic mass is 9.98. The molecule has 14 heteroatoms. The second-order valence-electron chi connectivity index (χ2n) is 31.9. The van der Waals surface area contributed by atoms with Crippen molar-refractivity contribution in [2.75, 3.05) is 0 Å². The minimum absolute atomic E-state index is 0.619. The lowest BCUT2D eigenvalue weighted by Gasteiger charge is -2.13. The molecular weight excluding hydrogens is 1620 g/mol. The normalized spacial score (nSPS) is 11.8. The summed E-state index contributed by atoms with van der Waals surface area (Å²) in [6.07, 6.45) is 0. The molecule has 128 heavy (non-hydrogen) atoms. The van der Waals surface area contributed by atoms with Crippen LogP contribution in [-0.2, 0) is 0 Å². The summed E-state index contributed by atoms with van der Waals surface area (Å²) in [5, 5.41) is 18.6. The Morgan fingerprint density at radius 3 is 1.04 bits per heavy atom. The maximum Gasteiger partial charge on any atom is 0.238 e. The zero-order valence-electron chi connectivity index (χ0n) is 68.5. The van der Waals surface area contributed by atoms with Crippen LogP contribution in [-0.4, -0.2) is 53.6 Å². The maximum absolute atomic E-state index is 5.41. The fraction of sp³-hybridized carbons (Fsp3) is 0. The third-order valence-electron chi connectivity index (χ3n) is 24.5. The predicted octanol–water partition coefficient (Wildman–Crippen LogP) is 30.6. The van der Waals surface area contributed by atoms with Crippen molar-refractivity contribution >= 4 is 182 Å². The molecule has 0 fully saturated rings. The van der Waals surface area contributed by atoms with E-state index in [4.69, 9.17) is 39.9 Å². The van der Waals surface area contributed by atoms with Crippen LogP contribution in [0.5, 0.6) is 0 Å². The van der Waals surface area contributed by atoms with Crippen molar-refractivity contribution in [2.24, 2.45) is 0 Å². The van der Waals surface area contributed by atoms with Gasteiger partial charge in [-0.05, 0) is 88.6 Å².